The number of rotatable bonds is 1. The van der Waals surface area contributed by atoms with Gasteiger partial charge in [0.2, 0.25) is 0 Å². The van der Waals surface area contributed by atoms with E-state index in [0.29, 0.717) is 5.39 Å². The third kappa shape index (κ3) is 1.91. The lowest BCUT2D eigenvalue weighted by Crippen LogP contribution is -2.23. The highest BCUT2D eigenvalue weighted by atomic mass is 16.5. The molecule has 2 heterocycles. The molecular weight excluding hydrogens is 266 g/mol. The Morgan fingerprint density at radius 3 is 2.43 bits per heavy atom. The average molecular weight is 281 g/mol. The van der Waals surface area contributed by atoms with Crippen molar-refractivity contribution in [2.45, 2.75) is 13.8 Å². The molecule has 0 saturated heterocycles. The molecule has 0 atom stereocenters. The van der Waals surface area contributed by atoms with Crippen molar-refractivity contribution >= 4 is 22.3 Å². The fraction of sp³-hybridized carbons (Fsp3) is 0.176. The third-order valence-corrected chi connectivity index (χ3v) is 3.86. The van der Waals surface area contributed by atoms with Gasteiger partial charge in [0.1, 0.15) is 5.56 Å². The van der Waals surface area contributed by atoms with Crippen molar-refractivity contribution in [3.63, 3.8) is 0 Å². The van der Waals surface area contributed by atoms with Gasteiger partial charge in [0, 0.05) is 17.0 Å². The Morgan fingerprint density at radius 2 is 1.76 bits per heavy atom. The van der Waals surface area contributed by atoms with Crippen molar-refractivity contribution in [1.82, 2.24) is 4.40 Å². The highest BCUT2D eigenvalue weighted by Crippen LogP contribution is 2.25. The zero-order valence-corrected chi connectivity index (χ0v) is 12.1. The number of fused-ring (bicyclic) bond motifs is 3. The van der Waals surface area contributed by atoms with E-state index in [4.69, 9.17) is 4.74 Å². The van der Waals surface area contributed by atoms with E-state index in [2.05, 4.69) is 0 Å². The molecular formula is C17H15NO3. The molecule has 0 bridgehead atoms. The number of pyridine rings is 2. The number of carbonyl (C=O) groups excluding carboxylic acids is 1. The molecule has 0 aliphatic rings. The maximum Gasteiger partial charge on any atom is 0.344 e. The van der Waals surface area contributed by atoms with Crippen LogP contribution in [0.15, 0.2) is 41.3 Å². The lowest BCUT2D eigenvalue weighted by atomic mass is 9.99. The van der Waals surface area contributed by atoms with Gasteiger partial charge in [0.05, 0.1) is 12.6 Å². The molecule has 0 spiro atoms. The molecule has 4 nitrogen and oxygen atoms in total. The van der Waals surface area contributed by atoms with E-state index in [0.717, 1.165) is 22.0 Å². The summed E-state index contributed by atoms with van der Waals surface area (Å²) in [5.41, 5.74) is 2.66. The summed E-state index contributed by atoms with van der Waals surface area (Å²) in [5.74, 6) is -0.605. The Hall–Kier alpha value is -2.62. The van der Waals surface area contributed by atoms with Crippen LogP contribution in [0.3, 0.4) is 0 Å². The number of hydrogen-bond donors (Lipinski definition) is 0. The van der Waals surface area contributed by atoms with Crippen molar-refractivity contribution in [2.75, 3.05) is 7.11 Å². The third-order valence-electron chi connectivity index (χ3n) is 3.86. The van der Waals surface area contributed by atoms with Gasteiger partial charge in [-0.1, -0.05) is 12.1 Å². The normalized spacial score (nSPS) is 11.0. The molecule has 0 unspecified atom stereocenters. The van der Waals surface area contributed by atoms with Gasteiger partial charge in [-0.15, -0.1) is 0 Å². The topological polar surface area (TPSA) is 47.8 Å². The monoisotopic (exact) mass is 281 g/mol. The van der Waals surface area contributed by atoms with Crippen LogP contribution in [-0.4, -0.2) is 17.5 Å². The molecule has 1 aromatic carbocycles. The number of benzene rings is 1. The second kappa shape index (κ2) is 4.74. The Morgan fingerprint density at radius 1 is 1.10 bits per heavy atom. The van der Waals surface area contributed by atoms with E-state index in [1.807, 2.05) is 38.1 Å². The lowest BCUT2D eigenvalue weighted by molar-refractivity contribution is 0.0601. The van der Waals surface area contributed by atoms with Crippen LogP contribution in [0.25, 0.3) is 16.3 Å². The van der Waals surface area contributed by atoms with Crippen LogP contribution in [-0.2, 0) is 4.74 Å². The first kappa shape index (κ1) is 13.4. The molecule has 0 fully saturated rings. The predicted molar refractivity (Wildman–Crippen MR) is 82.0 cm³/mol. The number of hydrogen-bond acceptors (Lipinski definition) is 3. The van der Waals surface area contributed by atoms with Gasteiger partial charge in [0.25, 0.3) is 5.56 Å². The molecule has 3 aromatic rings. The number of ether oxygens (including phenoxy) is 1. The molecule has 21 heavy (non-hydrogen) atoms. The van der Waals surface area contributed by atoms with Crippen molar-refractivity contribution in [1.29, 1.82) is 0 Å². The van der Waals surface area contributed by atoms with E-state index in [9.17, 15) is 9.59 Å². The average Bonchev–Trinajstić information content (AvgIpc) is 2.49. The Kier molecular flexibility index (Phi) is 3.01. The molecule has 4 heteroatoms. The van der Waals surface area contributed by atoms with Crippen molar-refractivity contribution in [3.05, 3.63) is 63.6 Å². The Balaban J connectivity index is 2.65. The predicted octanol–water partition coefficient (Wildman–Crippen LogP) is 2.86. The summed E-state index contributed by atoms with van der Waals surface area (Å²) in [5, 5.41) is 1.51. The van der Waals surface area contributed by atoms with Gasteiger partial charge >= 0.3 is 5.97 Å². The zero-order chi connectivity index (χ0) is 15.1. The van der Waals surface area contributed by atoms with Crippen LogP contribution in [0.2, 0.25) is 0 Å². The van der Waals surface area contributed by atoms with Crippen LogP contribution in [0, 0.1) is 13.8 Å². The number of aromatic nitrogens is 1. The van der Waals surface area contributed by atoms with E-state index in [1.165, 1.54) is 11.5 Å². The standard InChI is InChI=1S/C17H15NO3/c1-10-8-12-13(9-11(10)2)15(17(20)21-3)16(19)18-7-5-4-6-14(12)18/h4-9H,1-3H3. The molecule has 0 amide bonds. The number of nitrogens with zero attached hydrogens (tertiary/aromatic N) is 1. The van der Waals surface area contributed by atoms with Crippen molar-refractivity contribution in [3.8, 4) is 0 Å². The summed E-state index contributed by atoms with van der Waals surface area (Å²) < 4.78 is 6.28. The summed E-state index contributed by atoms with van der Waals surface area (Å²) in [4.78, 5) is 24.7. The summed E-state index contributed by atoms with van der Waals surface area (Å²) in [6.45, 7) is 3.97. The minimum Gasteiger partial charge on any atom is -0.465 e. The molecule has 0 saturated carbocycles. The minimum absolute atomic E-state index is 0.0827. The number of methoxy groups -OCH3 is 1. The maximum absolute atomic E-state index is 12.6. The summed E-state index contributed by atoms with van der Waals surface area (Å²) in [6, 6.07) is 9.40. The van der Waals surface area contributed by atoms with E-state index >= 15 is 0 Å². The smallest absolute Gasteiger partial charge is 0.344 e. The quantitative estimate of drug-likeness (QED) is 0.509. The lowest BCUT2D eigenvalue weighted by Gasteiger charge is -2.11. The molecule has 0 radical (unpaired) electrons. The van der Waals surface area contributed by atoms with Gasteiger partial charge in [-0.25, -0.2) is 4.79 Å². The summed E-state index contributed by atoms with van der Waals surface area (Å²) >= 11 is 0. The largest absolute Gasteiger partial charge is 0.465 e. The van der Waals surface area contributed by atoms with E-state index < -0.39 is 5.97 Å². The van der Waals surface area contributed by atoms with Crippen LogP contribution in [0.4, 0.5) is 0 Å². The molecule has 106 valence electrons. The SMILES string of the molecule is COC(=O)c1c(=O)n2ccccc2c2cc(C)c(C)cc12. The highest BCUT2D eigenvalue weighted by molar-refractivity contribution is 6.09. The van der Waals surface area contributed by atoms with Gasteiger partial charge < -0.3 is 4.74 Å². The van der Waals surface area contributed by atoms with Gasteiger partial charge in [0.15, 0.2) is 0 Å². The van der Waals surface area contributed by atoms with E-state index in [-0.39, 0.29) is 11.1 Å². The van der Waals surface area contributed by atoms with Gasteiger partial charge in [-0.2, -0.15) is 0 Å². The second-order valence-electron chi connectivity index (χ2n) is 5.11. The zero-order valence-electron chi connectivity index (χ0n) is 12.1. The van der Waals surface area contributed by atoms with Crippen LogP contribution in [0.5, 0.6) is 0 Å². The van der Waals surface area contributed by atoms with E-state index in [1.54, 1.807) is 12.3 Å². The maximum atomic E-state index is 12.6. The van der Waals surface area contributed by atoms with Crippen LogP contribution >= 0.6 is 0 Å². The summed E-state index contributed by atoms with van der Waals surface area (Å²) in [7, 11) is 1.29. The first-order valence-corrected chi connectivity index (χ1v) is 6.67. The fourth-order valence-corrected chi connectivity index (χ4v) is 2.61. The first-order valence-electron chi connectivity index (χ1n) is 6.67. The molecule has 0 aliphatic carbocycles. The van der Waals surface area contributed by atoms with Crippen LogP contribution in [0.1, 0.15) is 21.5 Å². The number of esters is 1. The molecule has 3 rings (SSSR count). The molecule has 0 N–H and O–H groups in total. The molecule has 0 aliphatic heterocycles. The first-order chi connectivity index (χ1) is 10.0. The van der Waals surface area contributed by atoms with Crippen molar-refractivity contribution in [2.24, 2.45) is 0 Å². The minimum atomic E-state index is -0.605. The number of aryl methyl sites for hydroxylation is 2. The highest BCUT2D eigenvalue weighted by Gasteiger charge is 2.19. The Labute approximate surface area is 121 Å². The van der Waals surface area contributed by atoms with Gasteiger partial charge in [-0.3, -0.25) is 9.20 Å². The van der Waals surface area contributed by atoms with Crippen LogP contribution < -0.4 is 5.56 Å². The number of carbonyl (C=O) groups is 1. The fourth-order valence-electron chi connectivity index (χ4n) is 2.61. The van der Waals surface area contributed by atoms with Crippen molar-refractivity contribution < 1.29 is 9.53 Å². The van der Waals surface area contributed by atoms with Gasteiger partial charge in [-0.05, 0) is 43.2 Å². The second-order valence-corrected chi connectivity index (χ2v) is 5.11. The summed E-state index contributed by atoms with van der Waals surface area (Å²) in [6.07, 6.45) is 1.67. The Bertz CT molecular complexity index is 938. The molecule has 2 aromatic heterocycles.